The van der Waals surface area contributed by atoms with Gasteiger partial charge in [0.1, 0.15) is 17.7 Å². The monoisotopic (exact) mass is 434 g/mol. The van der Waals surface area contributed by atoms with Gasteiger partial charge in [-0.3, -0.25) is 4.79 Å². The summed E-state index contributed by atoms with van der Waals surface area (Å²) in [5, 5.41) is 6.90. The van der Waals surface area contributed by atoms with Crippen molar-refractivity contribution in [1.29, 1.82) is 0 Å². The van der Waals surface area contributed by atoms with Gasteiger partial charge in [-0.1, -0.05) is 18.2 Å². The molecule has 2 aliphatic carbocycles. The van der Waals surface area contributed by atoms with E-state index < -0.39 is 0 Å². The molecule has 3 heterocycles. The zero-order chi connectivity index (χ0) is 21.7. The second kappa shape index (κ2) is 7.78. The van der Waals surface area contributed by atoms with Crippen molar-refractivity contribution in [3.05, 3.63) is 64.0 Å². The van der Waals surface area contributed by atoms with E-state index in [1.54, 1.807) is 4.57 Å². The first-order chi connectivity index (χ1) is 15.7. The van der Waals surface area contributed by atoms with E-state index in [0.29, 0.717) is 25.0 Å². The Hall–Kier alpha value is -3.13. The van der Waals surface area contributed by atoms with Crippen LogP contribution in [0.2, 0.25) is 0 Å². The fourth-order valence-corrected chi connectivity index (χ4v) is 4.94. The third-order valence-electron chi connectivity index (χ3n) is 6.90. The summed E-state index contributed by atoms with van der Waals surface area (Å²) in [4.78, 5) is 26.9. The summed E-state index contributed by atoms with van der Waals surface area (Å²) in [6.45, 7) is 1.88. The van der Waals surface area contributed by atoms with Crippen LogP contribution in [0.15, 0.2) is 47.0 Å². The molecule has 4 aliphatic rings. The number of likely N-dealkylation sites (tertiary alicyclic amines) is 1. The van der Waals surface area contributed by atoms with Gasteiger partial charge in [0.15, 0.2) is 6.79 Å². The molecule has 2 aromatic rings. The van der Waals surface area contributed by atoms with Crippen LogP contribution < -0.4 is 5.69 Å². The molecule has 3 fully saturated rings. The fourth-order valence-electron chi connectivity index (χ4n) is 4.94. The second-order valence-electron chi connectivity index (χ2n) is 9.13. The molecule has 2 unspecified atom stereocenters. The van der Waals surface area contributed by atoms with E-state index >= 15 is 0 Å². The number of hydrogen-bond acceptors (Lipinski definition) is 5. The van der Waals surface area contributed by atoms with E-state index in [2.05, 4.69) is 16.3 Å². The zero-order valence-electron chi connectivity index (χ0n) is 17.8. The Bertz CT molecular complexity index is 1160. The number of hydrogen-bond donors (Lipinski definition) is 1. The number of nitrogens with zero attached hydrogens (tertiary/aromatic N) is 3. The number of aromatic amines is 1. The van der Waals surface area contributed by atoms with Gasteiger partial charge in [0.2, 0.25) is 5.91 Å². The molecule has 1 saturated carbocycles. The minimum Gasteiger partial charge on any atom is -0.469 e. The van der Waals surface area contributed by atoms with Crippen molar-refractivity contribution < 1.29 is 14.3 Å². The van der Waals surface area contributed by atoms with Crippen molar-refractivity contribution in [3.8, 4) is 5.69 Å². The quantitative estimate of drug-likeness (QED) is 0.781. The van der Waals surface area contributed by atoms with Gasteiger partial charge < -0.3 is 14.4 Å². The van der Waals surface area contributed by atoms with E-state index in [-0.39, 0.29) is 17.7 Å². The van der Waals surface area contributed by atoms with E-state index in [9.17, 15) is 9.59 Å². The molecule has 2 aliphatic heterocycles. The molecule has 32 heavy (non-hydrogen) atoms. The van der Waals surface area contributed by atoms with Gasteiger partial charge in [-0.15, -0.1) is 0 Å². The molecular formula is C24H26N4O4. The largest absolute Gasteiger partial charge is 0.469 e. The summed E-state index contributed by atoms with van der Waals surface area (Å²) in [6.07, 6.45) is 8.51. The summed E-state index contributed by atoms with van der Waals surface area (Å²) in [7, 11) is 0. The summed E-state index contributed by atoms with van der Waals surface area (Å²) >= 11 is 0. The van der Waals surface area contributed by atoms with Gasteiger partial charge >= 0.3 is 5.69 Å². The molecule has 0 spiro atoms. The molecule has 2 atom stereocenters. The predicted molar refractivity (Wildman–Crippen MR) is 117 cm³/mol. The normalized spacial score (nSPS) is 24.7. The molecule has 6 rings (SSSR count). The van der Waals surface area contributed by atoms with Crippen LogP contribution in [0.25, 0.3) is 11.3 Å². The Morgan fingerprint density at radius 1 is 1.16 bits per heavy atom. The number of nitrogens with one attached hydrogen (secondary N) is 1. The van der Waals surface area contributed by atoms with Crippen molar-refractivity contribution in [2.24, 2.45) is 11.8 Å². The Morgan fingerprint density at radius 3 is 2.81 bits per heavy atom. The topological polar surface area (TPSA) is 89.5 Å². The van der Waals surface area contributed by atoms with Crippen molar-refractivity contribution in [1.82, 2.24) is 19.7 Å². The highest BCUT2D eigenvalue weighted by Gasteiger charge is 2.37. The van der Waals surface area contributed by atoms with Crippen LogP contribution in [0.5, 0.6) is 0 Å². The maximum Gasteiger partial charge on any atom is 0.347 e. The summed E-state index contributed by atoms with van der Waals surface area (Å²) < 4.78 is 12.7. The molecule has 1 aromatic heterocycles. The van der Waals surface area contributed by atoms with E-state index in [4.69, 9.17) is 9.47 Å². The molecule has 0 bridgehead atoms. The second-order valence-corrected chi connectivity index (χ2v) is 9.13. The van der Waals surface area contributed by atoms with Crippen LogP contribution in [0.4, 0.5) is 0 Å². The lowest BCUT2D eigenvalue weighted by molar-refractivity contribution is -0.131. The smallest absolute Gasteiger partial charge is 0.347 e. The highest BCUT2D eigenvalue weighted by atomic mass is 16.7. The van der Waals surface area contributed by atoms with Gasteiger partial charge in [-0.2, -0.15) is 5.10 Å². The number of amides is 1. The molecule has 1 amide bonds. The lowest BCUT2D eigenvalue weighted by atomic mass is 9.94. The Kier molecular flexibility index (Phi) is 4.75. The number of H-pyrrole nitrogens is 1. The van der Waals surface area contributed by atoms with Crippen molar-refractivity contribution in [2.75, 3.05) is 19.9 Å². The minimum absolute atomic E-state index is 0.00412. The molecule has 1 aromatic carbocycles. The van der Waals surface area contributed by atoms with Gasteiger partial charge in [0, 0.05) is 31.8 Å². The van der Waals surface area contributed by atoms with E-state index in [1.807, 2.05) is 35.2 Å². The van der Waals surface area contributed by atoms with Crippen LogP contribution in [-0.2, 0) is 20.7 Å². The van der Waals surface area contributed by atoms with Gasteiger partial charge in [-0.25, -0.2) is 14.5 Å². The van der Waals surface area contributed by atoms with Crippen molar-refractivity contribution in [3.63, 3.8) is 0 Å². The SMILES string of the molecule is O=C(C1CC1)N1CCC(Cc2n[nH]c(=O)n2-c2ccc(C3=CC=C4OCOC4C3)cc2)C1. The van der Waals surface area contributed by atoms with Crippen LogP contribution in [0.1, 0.15) is 37.1 Å². The lowest BCUT2D eigenvalue weighted by Gasteiger charge is -2.17. The number of fused-ring (bicyclic) bond motifs is 1. The molecule has 0 radical (unpaired) electrons. The average Bonchev–Trinajstić information content (AvgIpc) is 3.20. The highest BCUT2D eigenvalue weighted by Crippen LogP contribution is 2.34. The maximum absolute atomic E-state index is 12.5. The number of allylic oxidation sites excluding steroid dienone is 2. The number of carbonyl (C=O) groups excluding carboxylic acids is 1. The zero-order valence-corrected chi connectivity index (χ0v) is 17.8. The van der Waals surface area contributed by atoms with Crippen molar-refractivity contribution in [2.45, 2.75) is 38.2 Å². The minimum atomic E-state index is -0.238. The summed E-state index contributed by atoms with van der Waals surface area (Å²) in [6, 6.07) is 7.98. The first kappa shape index (κ1) is 19.5. The maximum atomic E-state index is 12.5. The van der Waals surface area contributed by atoms with Gasteiger partial charge in [0.05, 0.1) is 5.69 Å². The lowest BCUT2D eigenvalue weighted by Crippen LogP contribution is -2.30. The van der Waals surface area contributed by atoms with Crippen LogP contribution in [-0.4, -0.2) is 51.6 Å². The third kappa shape index (κ3) is 3.58. The Balaban J connectivity index is 1.18. The molecule has 1 N–H and O–H groups in total. The first-order valence-electron chi connectivity index (χ1n) is 11.4. The average molecular weight is 434 g/mol. The number of benzene rings is 1. The van der Waals surface area contributed by atoms with Crippen LogP contribution in [0, 0.1) is 11.8 Å². The molecular weight excluding hydrogens is 408 g/mol. The van der Waals surface area contributed by atoms with Gasteiger partial charge in [0.25, 0.3) is 0 Å². The third-order valence-corrected chi connectivity index (χ3v) is 6.90. The molecule has 8 nitrogen and oxygen atoms in total. The van der Waals surface area contributed by atoms with Crippen molar-refractivity contribution >= 4 is 11.5 Å². The van der Waals surface area contributed by atoms with Crippen LogP contribution in [0.3, 0.4) is 0 Å². The fraction of sp³-hybridized carbons (Fsp3) is 0.458. The molecule has 8 heteroatoms. The Labute approximate surface area is 185 Å². The highest BCUT2D eigenvalue weighted by molar-refractivity contribution is 5.81. The number of aromatic nitrogens is 3. The number of carbonyl (C=O) groups is 1. The predicted octanol–water partition coefficient (Wildman–Crippen LogP) is 2.41. The number of ether oxygens (including phenoxy) is 2. The van der Waals surface area contributed by atoms with Crippen LogP contribution >= 0.6 is 0 Å². The summed E-state index contributed by atoms with van der Waals surface area (Å²) in [5.74, 6) is 2.49. The van der Waals surface area contributed by atoms with E-state index in [1.165, 1.54) is 5.57 Å². The molecule has 2 saturated heterocycles. The first-order valence-corrected chi connectivity index (χ1v) is 11.4. The molecule has 166 valence electrons. The standard InChI is InChI=1S/C24H26N4O4/c29-23(17-1-2-17)27-10-9-15(13-27)11-22-25-26-24(30)28(22)19-6-3-16(4-7-19)18-5-8-20-21(12-18)32-14-31-20/h3-8,15,17,21H,1-2,9-14H2,(H,26,30). The van der Waals surface area contributed by atoms with Gasteiger partial charge in [-0.05, 0) is 54.5 Å². The Morgan fingerprint density at radius 2 is 2.00 bits per heavy atom. The number of rotatable bonds is 5. The summed E-state index contributed by atoms with van der Waals surface area (Å²) in [5.41, 5.74) is 2.83. The van der Waals surface area contributed by atoms with E-state index in [0.717, 1.165) is 61.6 Å².